The van der Waals surface area contributed by atoms with E-state index in [-0.39, 0.29) is 6.04 Å². The highest BCUT2D eigenvalue weighted by molar-refractivity contribution is 9.10. The number of carboxylic acids is 1. The number of carbonyl (C=O) groups is 2. The molecule has 0 radical (unpaired) electrons. The van der Waals surface area contributed by atoms with Crippen LogP contribution in [0.5, 0.6) is 0 Å². The number of amides is 2. The van der Waals surface area contributed by atoms with Crippen molar-refractivity contribution in [2.45, 2.75) is 12.5 Å². The second-order valence-corrected chi connectivity index (χ2v) is 6.24. The highest BCUT2D eigenvalue weighted by atomic mass is 79.9. The van der Waals surface area contributed by atoms with E-state index >= 15 is 0 Å². The molecule has 0 bridgehead atoms. The number of carboxylic acid groups (broad SMARTS) is 1. The lowest BCUT2D eigenvalue weighted by Crippen LogP contribution is -2.36. The second kappa shape index (κ2) is 6.68. The predicted molar refractivity (Wildman–Crippen MR) is 85.0 cm³/mol. The maximum absolute atomic E-state index is 11.9. The molecule has 112 valence electrons. The van der Waals surface area contributed by atoms with Gasteiger partial charge in [0.2, 0.25) is 0 Å². The number of anilines is 1. The lowest BCUT2D eigenvalue weighted by Gasteiger charge is -2.15. The third-order valence-corrected chi connectivity index (χ3v) is 4.02. The van der Waals surface area contributed by atoms with E-state index < -0.39 is 17.9 Å². The monoisotopic (exact) mass is 392 g/mol. The molecule has 2 atom stereocenters. The lowest BCUT2D eigenvalue weighted by molar-refractivity contribution is -0.140. The van der Waals surface area contributed by atoms with Crippen molar-refractivity contribution >= 4 is 56.8 Å². The molecule has 8 heteroatoms. The largest absolute Gasteiger partial charge is 0.481 e. The minimum Gasteiger partial charge on any atom is -0.481 e. The Balaban J connectivity index is 1.98. The fourth-order valence-electron chi connectivity index (χ4n) is 1.97. The van der Waals surface area contributed by atoms with Crippen LogP contribution in [0, 0.1) is 5.92 Å². The van der Waals surface area contributed by atoms with Gasteiger partial charge in [-0.1, -0.05) is 51.3 Å². The summed E-state index contributed by atoms with van der Waals surface area (Å²) in [5.41, 5.74) is 0.302. The molecule has 3 N–H and O–H groups in total. The molecule has 1 aliphatic carbocycles. The van der Waals surface area contributed by atoms with E-state index in [0.29, 0.717) is 26.6 Å². The van der Waals surface area contributed by atoms with Gasteiger partial charge in [0.05, 0.1) is 27.7 Å². The van der Waals surface area contributed by atoms with E-state index in [9.17, 15) is 9.59 Å². The van der Waals surface area contributed by atoms with Crippen LogP contribution < -0.4 is 10.6 Å². The number of hydrogen-bond acceptors (Lipinski definition) is 2. The Labute approximate surface area is 139 Å². The molecule has 2 amide bonds. The van der Waals surface area contributed by atoms with E-state index in [2.05, 4.69) is 26.6 Å². The first kappa shape index (κ1) is 16.1. The highest BCUT2D eigenvalue weighted by Gasteiger charge is 2.25. The van der Waals surface area contributed by atoms with Crippen LogP contribution in [-0.4, -0.2) is 23.1 Å². The van der Waals surface area contributed by atoms with Gasteiger partial charge in [-0.25, -0.2) is 4.79 Å². The Hall–Kier alpha value is -1.24. The average molecular weight is 394 g/mol. The SMILES string of the molecule is O=C(Nc1c(Cl)cc(Br)cc1Cl)NC1C=CC(C(=O)O)C1. The topological polar surface area (TPSA) is 78.4 Å². The van der Waals surface area contributed by atoms with Gasteiger partial charge < -0.3 is 15.7 Å². The summed E-state index contributed by atoms with van der Waals surface area (Å²) in [6, 6.07) is 2.39. The quantitative estimate of drug-likeness (QED) is 0.681. The molecule has 21 heavy (non-hydrogen) atoms. The van der Waals surface area contributed by atoms with E-state index in [1.807, 2.05) is 0 Å². The summed E-state index contributed by atoms with van der Waals surface area (Å²) in [7, 11) is 0. The van der Waals surface area contributed by atoms with Gasteiger partial charge in [-0.2, -0.15) is 0 Å². The Kier molecular flexibility index (Phi) is 5.13. The minimum absolute atomic E-state index is 0.301. The molecular weight excluding hydrogens is 383 g/mol. The standard InChI is InChI=1S/C13H11BrCl2N2O3/c14-7-4-9(15)11(10(16)5-7)18-13(21)17-8-2-1-6(3-8)12(19)20/h1-2,4-6,8H,3H2,(H,19,20)(H2,17,18,21). The van der Waals surface area contributed by atoms with Crippen LogP contribution in [0.2, 0.25) is 10.0 Å². The zero-order valence-electron chi connectivity index (χ0n) is 10.6. The Morgan fingerprint density at radius 1 is 1.24 bits per heavy atom. The normalized spacial score (nSPS) is 20.3. The highest BCUT2D eigenvalue weighted by Crippen LogP contribution is 2.33. The molecular formula is C13H11BrCl2N2O3. The molecule has 1 aromatic rings. The van der Waals surface area contributed by atoms with Crippen LogP contribution in [0.1, 0.15) is 6.42 Å². The molecule has 2 unspecified atom stereocenters. The van der Waals surface area contributed by atoms with Crippen molar-refractivity contribution in [3.63, 3.8) is 0 Å². The van der Waals surface area contributed by atoms with Gasteiger partial charge in [0, 0.05) is 4.47 Å². The molecule has 0 heterocycles. The summed E-state index contributed by atoms with van der Waals surface area (Å²) >= 11 is 15.3. The molecule has 0 aromatic heterocycles. The lowest BCUT2D eigenvalue weighted by atomic mass is 10.1. The molecule has 0 aliphatic heterocycles. The van der Waals surface area contributed by atoms with Gasteiger partial charge in [0.15, 0.2) is 0 Å². The first-order valence-electron chi connectivity index (χ1n) is 6.00. The maximum atomic E-state index is 11.9. The fourth-order valence-corrected chi connectivity index (χ4v) is 3.27. The maximum Gasteiger partial charge on any atom is 0.319 e. The van der Waals surface area contributed by atoms with Crippen LogP contribution in [-0.2, 0) is 4.79 Å². The Morgan fingerprint density at radius 3 is 2.38 bits per heavy atom. The zero-order valence-corrected chi connectivity index (χ0v) is 13.7. The van der Waals surface area contributed by atoms with Gasteiger partial charge in [-0.15, -0.1) is 0 Å². The van der Waals surface area contributed by atoms with Crippen LogP contribution >= 0.6 is 39.1 Å². The van der Waals surface area contributed by atoms with Crippen LogP contribution in [0.3, 0.4) is 0 Å². The predicted octanol–water partition coefficient (Wildman–Crippen LogP) is 3.91. The number of aliphatic carboxylic acids is 1. The molecule has 1 aliphatic rings. The number of urea groups is 1. The van der Waals surface area contributed by atoms with E-state index in [1.165, 1.54) is 0 Å². The summed E-state index contributed by atoms with van der Waals surface area (Å²) in [5, 5.41) is 14.7. The van der Waals surface area contributed by atoms with Crippen LogP contribution in [0.15, 0.2) is 28.8 Å². The van der Waals surface area contributed by atoms with E-state index in [1.54, 1.807) is 24.3 Å². The van der Waals surface area contributed by atoms with Crippen molar-refractivity contribution in [1.29, 1.82) is 0 Å². The molecule has 1 aromatic carbocycles. The second-order valence-electron chi connectivity index (χ2n) is 4.51. The number of benzene rings is 1. The first-order valence-corrected chi connectivity index (χ1v) is 7.55. The van der Waals surface area contributed by atoms with Gasteiger partial charge in [0.1, 0.15) is 0 Å². The summed E-state index contributed by atoms with van der Waals surface area (Å²) < 4.78 is 0.700. The third kappa shape index (κ3) is 4.12. The van der Waals surface area contributed by atoms with Gasteiger partial charge >= 0.3 is 12.0 Å². The Morgan fingerprint density at radius 2 is 1.86 bits per heavy atom. The molecule has 5 nitrogen and oxygen atoms in total. The fraction of sp³-hybridized carbons (Fsp3) is 0.231. The Bertz CT molecular complexity index is 598. The summed E-state index contributed by atoms with van der Waals surface area (Å²) in [5.74, 6) is -1.48. The average Bonchev–Trinajstić information content (AvgIpc) is 2.82. The number of halogens is 3. The number of hydrogen-bond donors (Lipinski definition) is 3. The molecule has 0 spiro atoms. The molecule has 0 saturated heterocycles. The van der Waals surface area contributed by atoms with Crippen molar-refractivity contribution in [3.8, 4) is 0 Å². The summed E-state index contributed by atoms with van der Waals surface area (Å²) in [6.45, 7) is 0. The number of rotatable bonds is 3. The minimum atomic E-state index is -0.907. The molecule has 0 saturated carbocycles. The van der Waals surface area contributed by atoms with E-state index in [4.69, 9.17) is 28.3 Å². The van der Waals surface area contributed by atoms with Gasteiger partial charge in [-0.3, -0.25) is 4.79 Å². The van der Waals surface area contributed by atoms with Crippen LogP contribution in [0.4, 0.5) is 10.5 Å². The summed E-state index contributed by atoms with van der Waals surface area (Å²) in [4.78, 5) is 22.7. The summed E-state index contributed by atoms with van der Waals surface area (Å²) in [6.07, 6.45) is 3.54. The number of carbonyl (C=O) groups excluding carboxylic acids is 1. The molecule has 0 fully saturated rings. The van der Waals surface area contributed by atoms with Crippen molar-refractivity contribution in [3.05, 3.63) is 38.8 Å². The van der Waals surface area contributed by atoms with Crippen molar-refractivity contribution < 1.29 is 14.7 Å². The third-order valence-electron chi connectivity index (χ3n) is 2.96. The number of nitrogens with one attached hydrogen (secondary N) is 2. The zero-order chi connectivity index (χ0) is 15.6. The van der Waals surface area contributed by atoms with E-state index in [0.717, 1.165) is 0 Å². The van der Waals surface area contributed by atoms with Crippen molar-refractivity contribution in [1.82, 2.24) is 5.32 Å². The van der Waals surface area contributed by atoms with Crippen LogP contribution in [0.25, 0.3) is 0 Å². The first-order chi connectivity index (χ1) is 9.86. The molecule has 2 rings (SSSR count). The van der Waals surface area contributed by atoms with Gasteiger partial charge in [0.25, 0.3) is 0 Å². The smallest absolute Gasteiger partial charge is 0.319 e. The van der Waals surface area contributed by atoms with Crippen molar-refractivity contribution in [2.24, 2.45) is 5.92 Å². The van der Waals surface area contributed by atoms with Gasteiger partial charge in [-0.05, 0) is 18.6 Å². The van der Waals surface area contributed by atoms with Crippen molar-refractivity contribution in [2.75, 3.05) is 5.32 Å².